The summed E-state index contributed by atoms with van der Waals surface area (Å²) in [5.74, 6) is -2.51. The number of anilines is 1. The van der Waals surface area contributed by atoms with Crippen LogP contribution in [0.25, 0.3) is 0 Å². The van der Waals surface area contributed by atoms with E-state index in [4.69, 9.17) is 51.8 Å². The number of aldehydes is 1. The zero-order chi connectivity index (χ0) is 32.1. The highest BCUT2D eigenvalue weighted by Crippen LogP contribution is 2.43. The molecule has 0 aromatic heterocycles. The van der Waals surface area contributed by atoms with E-state index in [0.29, 0.717) is 17.8 Å². The van der Waals surface area contributed by atoms with E-state index in [1.54, 1.807) is 18.2 Å². The largest absolute Gasteiger partial charge is 0.381 e. The molecule has 3 N–H and O–H groups in total. The van der Waals surface area contributed by atoms with Gasteiger partial charge in [-0.05, 0) is 43.0 Å². The molecule has 0 spiro atoms. The summed E-state index contributed by atoms with van der Waals surface area (Å²) in [6.45, 7) is 6.14. The Labute approximate surface area is 260 Å². The molecule has 12 radical (unpaired) electrons. The number of nitrogens with one attached hydrogen (secondary N) is 3. The molecule has 3 rings (SSSR count). The number of carbonyl (C=O) groups is 3. The van der Waals surface area contributed by atoms with E-state index >= 15 is 4.39 Å². The van der Waals surface area contributed by atoms with Gasteiger partial charge >= 0.3 is 0 Å². The lowest BCUT2D eigenvalue weighted by molar-refractivity contribution is -0.123. The summed E-state index contributed by atoms with van der Waals surface area (Å²) in [5.41, 5.74) is 0.821. The van der Waals surface area contributed by atoms with Crippen LogP contribution in [0.2, 0.25) is 10.4 Å². The second-order valence-electron chi connectivity index (χ2n) is 11.0. The fourth-order valence-corrected chi connectivity index (χ4v) is 5.15. The lowest BCUT2D eigenvalue weighted by Crippen LogP contribution is -2.57. The van der Waals surface area contributed by atoms with E-state index in [-0.39, 0.29) is 36.2 Å². The van der Waals surface area contributed by atoms with Crippen molar-refractivity contribution < 1.29 is 23.5 Å². The first-order valence-electron chi connectivity index (χ1n) is 13.8. The third-order valence-electron chi connectivity index (χ3n) is 7.45. The first-order chi connectivity index (χ1) is 20.1. The average Bonchev–Trinajstić information content (AvgIpc) is 2.93. The summed E-state index contributed by atoms with van der Waals surface area (Å²) < 4.78 is 21.0. The van der Waals surface area contributed by atoms with Crippen LogP contribution in [0.15, 0.2) is 36.4 Å². The van der Waals surface area contributed by atoms with Crippen molar-refractivity contribution in [3.8, 4) is 0 Å². The second kappa shape index (κ2) is 14.4. The number of benzene rings is 2. The lowest BCUT2D eigenvalue weighted by Gasteiger charge is -2.46. The fourth-order valence-electron chi connectivity index (χ4n) is 5.15. The Morgan fingerprint density at radius 3 is 2.35 bits per heavy atom. The predicted octanol–water partition coefficient (Wildman–Crippen LogP) is 0.332. The summed E-state index contributed by atoms with van der Waals surface area (Å²) in [7, 11) is 37.1. The van der Waals surface area contributed by atoms with Crippen molar-refractivity contribution in [3.63, 3.8) is 0 Å². The molecule has 1 heterocycles. The molecule has 4 unspecified atom stereocenters. The molecular weight excluding hydrogens is 540 g/mol. The number of carbonyl (C=O) groups excluding carboxylic acids is 3. The van der Waals surface area contributed by atoms with Gasteiger partial charge in [0.05, 0.1) is 57.5 Å². The minimum Gasteiger partial charge on any atom is -0.381 e. The maximum absolute atomic E-state index is 15.2. The highest BCUT2D eigenvalue weighted by Gasteiger charge is 2.44. The van der Waals surface area contributed by atoms with Crippen LogP contribution in [0.3, 0.4) is 0 Å². The van der Waals surface area contributed by atoms with Gasteiger partial charge in [0.15, 0.2) is 7.85 Å². The topological polar surface area (TPSA) is 99.8 Å². The van der Waals surface area contributed by atoms with Crippen LogP contribution >= 0.6 is 0 Å². The monoisotopic (exact) mass is 572 g/mol. The highest BCUT2D eigenvalue weighted by atomic mass is 19.1. The predicted molar refractivity (Wildman–Crippen MR) is 169 cm³/mol. The van der Waals surface area contributed by atoms with E-state index < -0.39 is 39.8 Å². The van der Waals surface area contributed by atoms with Crippen LogP contribution in [0.5, 0.6) is 0 Å². The Balaban J connectivity index is 1.85. The lowest BCUT2D eigenvalue weighted by atomic mass is 9.28. The molecule has 15 heteroatoms. The molecule has 1 fully saturated rings. The smallest absolute Gasteiger partial charge is 0.235 e. The summed E-state index contributed by atoms with van der Waals surface area (Å²) in [6, 6.07) is 8.02. The van der Waals surface area contributed by atoms with Gasteiger partial charge in [0.1, 0.15) is 17.8 Å². The molecule has 0 bridgehead atoms. The number of rotatable bonds is 13. The first kappa shape index (κ1) is 34.7. The average molecular weight is 571 g/mol. The molecule has 4 atom stereocenters. The third-order valence-corrected chi connectivity index (χ3v) is 7.45. The molecule has 0 aliphatic carbocycles. The van der Waals surface area contributed by atoms with E-state index in [9.17, 15) is 14.4 Å². The molecule has 8 nitrogen and oxygen atoms in total. The van der Waals surface area contributed by atoms with Gasteiger partial charge in [0, 0.05) is 50.0 Å². The molecule has 1 aliphatic rings. The molecule has 2 aromatic carbocycles. The van der Waals surface area contributed by atoms with Crippen molar-refractivity contribution in [2.75, 3.05) is 25.5 Å². The molecule has 43 heavy (non-hydrogen) atoms. The van der Waals surface area contributed by atoms with E-state index in [2.05, 4.69) is 20.9 Å². The van der Waals surface area contributed by atoms with E-state index in [0.717, 1.165) is 18.7 Å². The molecule has 212 valence electrons. The number of halogens is 1. The van der Waals surface area contributed by atoms with E-state index in [1.807, 2.05) is 19.9 Å². The standard InChI is InChI=1S/C28H31B6FN4O4/c1-15-11-39(12-16(2)43-15)13-17-7-8-18(20(35)9-17)10-37-21-6-4-5-19(25(30)41)22(21)24(29)38-23(26(42)36-3)28(33,34)27(31,32)14-40/h4-9,14-16,23-24,37-38H,10-13H2,1-3H3,(H,36,42). The minimum atomic E-state index is -2.34. The van der Waals surface area contributed by atoms with Crippen LogP contribution < -0.4 is 16.0 Å². The molecular formula is C28H31B6FN4O4. The molecule has 2 aromatic rings. The number of nitrogens with zero attached hydrogens (tertiary/aromatic N) is 1. The molecule has 1 saturated heterocycles. The van der Waals surface area contributed by atoms with Crippen LogP contribution in [-0.4, -0.2) is 108 Å². The molecule has 0 saturated carbocycles. The number of ether oxygens (including phenoxy) is 1. The number of hydrogen-bond donors (Lipinski definition) is 3. The van der Waals surface area contributed by atoms with Gasteiger partial charge in [-0.2, -0.15) is 0 Å². The maximum Gasteiger partial charge on any atom is 0.235 e. The summed E-state index contributed by atoms with van der Waals surface area (Å²) in [5, 5.41) is 3.50. The van der Waals surface area contributed by atoms with Crippen molar-refractivity contribution in [2.24, 2.45) is 0 Å². The molecule has 1 aliphatic heterocycles. The second-order valence-corrected chi connectivity index (χ2v) is 11.0. The van der Waals surface area contributed by atoms with Gasteiger partial charge < -0.3 is 30.3 Å². The van der Waals surface area contributed by atoms with Crippen molar-refractivity contribution in [2.45, 2.75) is 61.6 Å². The minimum absolute atomic E-state index is 0.00670. The van der Waals surface area contributed by atoms with Gasteiger partial charge in [-0.15, -0.1) is 0 Å². The Morgan fingerprint density at radius 2 is 1.79 bits per heavy atom. The Kier molecular flexibility index (Phi) is 11.6. The Bertz CT molecular complexity index is 1320. The quantitative estimate of drug-likeness (QED) is 0.236. The van der Waals surface area contributed by atoms with E-state index in [1.165, 1.54) is 19.2 Å². The van der Waals surface area contributed by atoms with Crippen molar-refractivity contribution in [1.29, 1.82) is 0 Å². The fraction of sp³-hybridized carbons (Fsp3) is 0.464. The number of amides is 1. The summed E-state index contributed by atoms with van der Waals surface area (Å²) in [6.07, 6.45) is 0.306. The van der Waals surface area contributed by atoms with Crippen molar-refractivity contribution in [3.05, 3.63) is 64.5 Å². The van der Waals surface area contributed by atoms with Crippen molar-refractivity contribution >= 4 is 70.6 Å². The summed E-state index contributed by atoms with van der Waals surface area (Å²) in [4.78, 5) is 38.8. The van der Waals surface area contributed by atoms with Crippen molar-refractivity contribution in [1.82, 2.24) is 15.5 Å². The van der Waals surface area contributed by atoms with Crippen LogP contribution in [0, 0.1) is 5.82 Å². The molecule has 1 amide bonds. The SMILES string of the molecule is [B]C(=O)c1cccc(NCc2ccc(CN3CC(C)OC(C)C3)cc2F)c1C([B])NC(C(=O)NC)C([B])([B])C([B])([B])C=O. The highest BCUT2D eigenvalue weighted by molar-refractivity contribution is 6.62. The van der Waals surface area contributed by atoms with Gasteiger partial charge in [-0.1, -0.05) is 34.7 Å². The first-order valence-corrected chi connectivity index (χ1v) is 13.8. The van der Waals surface area contributed by atoms with Gasteiger partial charge in [0.25, 0.3) is 0 Å². The third kappa shape index (κ3) is 8.25. The zero-order valence-corrected chi connectivity index (χ0v) is 24.6. The number of hydrogen-bond acceptors (Lipinski definition) is 7. The van der Waals surface area contributed by atoms with Gasteiger partial charge in [-0.25, -0.2) is 4.39 Å². The van der Waals surface area contributed by atoms with Gasteiger partial charge in [0.2, 0.25) is 5.91 Å². The van der Waals surface area contributed by atoms with Crippen LogP contribution in [0.4, 0.5) is 10.1 Å². The Morgan fingerprint density at radius 1 is 1.14 bits per heavy atom. The van der Waals surface area contributed by atoms with Gasteiger partial charge in [-0.3, -0.25) is 9.69 Å². The summed E-state index contributed by atoms with van der Waals surface area (Å²) >= 11 is 0. The number of likely N-dealkylation sites (N-methyl/N-ethyl adjacent to an activating group) is 1. The maximum atomic E-state index is 15.2. The van der Waals surface area contributed by atoms with Crippen LogP contribution in [0.1, 0.15) is 46.8 Å². The van der Waals surface area contributed by atoms with Crippen LogP contribution in [-0.2, 0) is 27.4 Å². The normalized spacial score (nSPS) is 19.3. The number of morpholine rings is 1. The Hall–Kier alpha value is -2.75. The zero-order valence-electron chi connectivity index (χ0n) is 24.6.